The van der Waals surface area contributed by atoms with Gasteiger partial charge in [-0.2, -0.15) is 5.26 Å². The van der Waals surface area contributed by atoms with Gasteiger partial charge in [0.2, 0.25) is 5.91 Å². The maximum Gasteiger partial charge on any atom is 0.236 e. The fourth-order valence-electron chi connectivity index (χ4n) is 1.28. The quantitative estimate of drug-likeness (QED) is 0.554. The van der Waals surface area contributed by atoms with Crippen LogP contribution >= 0.6 is 12.4 Å². The SMILES string of the molecule is C[C@@H](N)C(=O)NC1CNCC1C#N.Cl. The highest BCUT2D eigenvalue weighted by molar-refractivity contribution is 5.85. The third kappa shape index (κ3) is 3.14. The van der Waals surface area contributed by atoms with Crippen molar-refractivity contribution in [2.24, 2.45) is 11.7 Å². The number of halogens is 1. The summed E-state index contributed by atoms with van der Waals surface area (Å²) in [5, 5.41) is 14.5. The number of nitrogens with two attached hydrogens (primary N) is 1. The Kier molecular flexibility index (Phi) is 5.46. The molecule has 1 aliphatic rings. The summed E-state index contributed by atoms with van der Waals surface area (Å²) < 4.78 is 0. The van der Waals surface area contributed by atoms with Crippen molar-refractivity contribution >= 4 is 18.3 Å². The lowest BCUT2D eigenvalue weighted by Gasteiger charge is -2.15. The van der Waals surface area contributed by atoms with Crippen LogP contribution in [-0.2, 0) is 4.79 Å². The van der Waals surface area contributed by atoms with Crippen LogP contribution in [-0.4, -0.2) is 31.1 Å². The Morgan fingerprint density at radius 2 is 2.36 bits per heavy atom. The summed E-state index contributed by atoms with van der Waals surface area (Å²) in [7, 11) is 0. The number of nitriles is 1. The molecule has 6 heteroatoms. The summed E-state index contributed by atoms with van der Waals surface area (Å²) >= 11 is 0. The van der Waals surface area contributed by atoms with Gasteiger partial charge in [0.05, 0.1) is 24.1 Å². The van der Waals surface area contributed by atoms with E-state index in [2.05, 4.69) is 16.7 Å². The monoisotopic (exact) mass is 218 g/mol. The molecule has 1 heterocycles. The topological polar surface area (TPSA) is 90.9 Å². The predicted octanol–water partition coefficient (Wildman–Crippen LogP) is -1.02. The van der Waals surface area contributed by atoms with Crippen molar-refractivity contribution in [1.82, 2.24) is 10.6 Å². The van der Waals surface area contributed by atoms with E-state index in [9.17, 15) is 4.79 Å². The minimum atomic E-state index is -0.514. The van der Waals surface area contributed by atoms with Crippen molar-refractivity contribution in [3.63, 3.8) is 0 Å². The average molecular weight is 219 g/mol. The second kappa shape index (κ2) is 5.81. The minimum absolute atomic E-state index is 0. The molecule has 0 spiro atoms. The summed E-state index contributed by atoms with van der Waals surface area (Å²) in [6, 6.07) is 1.53. The zero-order valence-electron chi connectivity index (χ0n) is 7.99. The van der Waals surface area contributed by atoms with Crippen molar-refractivity contribution in [2.45, 2.75) is 19.0 Å². The Bertz CT molecular complexity index is 238. The molecule has 1 amide bonds. The molecule has 5 nitrogen and oxygen atoms in total. The first-order valence-electron chi connectivity index (χ1n) is 4.31. The van der Waals surface area contributed by atoms with Crippen LogP contribution in [0.25, 0.3) is 0 Å². The highest BCUT2D eigenvalue weighted by Crippen LogP contribution is 2.07. The first-order chi connectivity index (χ1) is 6.15. The highest BCUT2D eigenvalue weighted by Gasteiger charge is 2.28. The van der Waals surface area contributed by atoms with E-state index in [-0.39, 0.29) is 30.3 Å². The van der Waals surface area contributed by atoms with Gasteiger partial charge < -0.3 is 16.4 Å². The zero-order valence-corrected chi connectivity index (χ0v) is 8.80. The van der Waals surface area contributed by atoms with E-state index in [1.165, 1.54) is 0 Å². The van der Waals surface area contributed by atoms with Gasteiger partial charge in [-0.05, 0) is 6.92 Å². The molecule has 0 aliphatic carbocycles. The van der Waals surface area contributed by atoms with Crippen LogP contribution < -0.4 is 16.4 Å². The number of carbonyl (C=O) groups excluding carboxylic acids is 1. The summed E-state index contributed by atoms with van der Waals surface area (Å²) in [4.78, 5) is 11.2. The largest absolute Gasteiger partial charge is 0.349 e. The second-order valence-corrected chi connectivity index (χ2v) is 3.30. The standard InChI is InChI=1S/C8H14N4O.ClH/c1-5(10)8(13)12-7-4-11-3-6(7)2-9;/h5-7,11H,3-4,10H2,1H3,(H,12,13);1H/t5-,6?,7?;/m1./s1. The molecular weight excluding hydrogens is 204 g/mol. The first kappa shape index (κ1) is 13.2. The van der Waals surface area contributed by atoms with E-state index >= 15 is 0 Å². The van der Waals surface area contributed by atoms with Crippen LogP contribution in [0.3, 0.4) is 0 Å². The smallest absolute Gasteiger partial charge is 0.236 e. The Morgan fingerprint density at radius 3 is 2.86 bits per heavy atom. The zero-order chi connectivity index (χ0) is 9.84. The molecule has 4 N–H and O–H groups in total. The summed E-state index contributed by atoms with van der Waals surface area (Å²) in [5.41, 5.74) is 5.39. The van der Waals surface area contributed by atoms with Crippen LogP contribution in [0.1, 0.15) is 6.92 Å². The van der Waals surface area contributed by atoms with E-state index in [1.807, 2.05) is 0 Å². The van der Waals surface area contributed by atoms with E-state index in [1.54, 1.807) is 6.92 Å². The molecule has 1 rings (SSSR count). The fraction of sp³-hybridized carbons (Fsp3) is 0.750. The molecule has 3 atom stereocenters. The summed E-state index contributed by atoms with van der Waals surface area (Å²) in [5.74, 6) is -0.336. The Balaban J connectivity index is 0.00000169. The van der Waals surface area contributed by atoms with Gasteiger partial charge in [0.25, 0.3) is 0 Å². The van der Waals surface area contributed by atoms with Crippen LogP contribution in [0.15, 0.2) is 0 Å². The van der Waals surface area contributed by atoms with Gasteiger partial charge in [0, 0.05) is 13.1 Å². The second-order valence-electron chi connectivity index (χ2n) is 3.30. The van der Waals surface area contributed by atoms with E-state index in [4.69, 9.17) is 11.0 Å². The fourth-order valence-corrected chi connectivity index (χ4v) is 1.28. The van der Waals surface area contributed by atoms with Gasteiger partial charge in [-0.15, -0.1) is 12.4 Å². The third-order valence-corrected chi connectivity index (χ3v) is 2.12. The number of nitrogens with zero attached hydrogens (tertiary/aromatic N) is 1. The molecule has 0 bridgehead atoms. The minimum Gasteiger partial charge on any atom is -0.349 e. The number of hydrogen-bond acceptors (Lipinski definition) is 4. The van der Waals surface area contributed by atoms with Crippen LogP contribution in [0.5, 0.6) is 0 Å². The maximum atomic E-state index is 11.2. The van der Waals surface area contributed by atoms with Crippen molar-refractivity contribution < 1.29 is 4.79 Å². The number of rotatable bonds is 2. The normalized spacial score (nSPS) is 27.2. The lowest BCUT2D eigenvalue weighted by atomic mass is 10.1. The molecule has 0 radical (unpaired) electrons. The molecule has 0 aromatic heterocycles. The van der Waals surface area contributed by atoms with Gasteiger partial charge in [0.1, 0.15) is 0 Å². The molecule has 2 unspecified atom stereocenters. The average Bonchev–Trinajstić information content (AvgIpc) is 2.51. The number of hydrogen-bond donors (Lipinski definition) is 3. The van der Waals surface area contributed by atoms with E-state index in [0.717, 1.165) is 0 Å². The van der Waals surface area contributed by atoms with Gasteiger partial charge >= 0.3 is 0 Å². The lowest BCUT2D eigenvalue weighted by molar-refractivity contribution is -0.122. The Morgan fingerprint density at radius 1 is 1.71 bits per heavy atom. The number of amides is 1. The van der Waals surface area contributed by atoms with Gasteiger partial charge in [-0.25, -0.2) is 0 Å². The summed E-state index contributed by atoms with van der Waals surface area (Å²) in [6.45, 7) is 2.91. The van der Waals surface area contributed by atoms with Crippen molar-refractivity contribution in [3.05, 3.63) is 0 Å². The lowest BCUT2D eigenvalue weighted by Crippen LogP contribution is -2.46. The molecular formula is C8H15ClN4O. The molecule has 1 aliphatic heterocycles. The van der Waals surface area contributed by atoms with Crippen LogP contribution in [0.4, 0.5) is 0 Å². The van der Waals surface area contributed by atoms with Crippen molar-refractivity contribution in [3.8, 4) is 6.07 Å². The third-order valence-electron chi connectivity index (χ3n) is 2.12. The van der Waals surface area contributed by atoms with Crippen LogP contribution in [0, 0.1) is 17.2 Å². The van der Waals surface area contributed by atoms with Crippen molar-refractivity contribution in [2.75, 3.05) is 13.1 Å². The molecule has 80 valence electrons. The molecule has 0 saturated carbocycles. The van der Waals surface area contributed by atoms with Gasteiger partial charge in [-0.3, -0.25) is 4.79 Å². The maximum absolute atomic E-state index is 11.2. The Hall–Kier alpha value is -0.830. The van der Waals surface area contributed by atoms with Gasteiger partial charge in [-0.1, -0.05) is 0 Å². The van der Waals surface area contributed by atoms with E-state index in [0.29, 0.717) is 13.1 Å². The molecule has 1 saturated heterocycles. The predicted molar refractivity (Wildman–Crippen MR) is 54.8 cm³/mol. The first-order valence-corrected chi connectivity index (χ1v) is 4.31. The number of carbonyl (C=O) groups is 1. The molecule has 1 fully saturated rings. The van der Waals surface area contributed by atoms with Crippen LogP contribution in [0.2, 0.25) is 0 Å². The molecule has 14 heavy (non-hydrogen) atoms. The van der Waals surface area contributed by atoms with Gasteiger partial charge in [0.15, 0.2) is 0 Å². The van der Waals surface area contributed by atoms with E-state index < -0.39 is 6.04 Å². The highest BCUT2D eigenvalue weighted by atomic mass is 35.5. The Labute approximate surface area is 89.4 Å². The molecule has 0 aromatic carbocycles. The van der Waals surface area contributed by atoms with Crippen molar-refractivity contribution in [1.29, 1.82) is 5.26 Å². The number of nitrogens with one attached hydrogen (secondary N) is 2. The summed E-state index contributed by atoms with van der Waals surface area (Å²) in [6.07, 6.45) is 0. The molecule has 0 aromatic rings.